The van der Waals surface area contributed by atoms with Crippen molar-refractivity contribution >= 4 is 11.8 Å². The first-order valence-electron chi connectivity index (χ1n) is 8.65. The van der Waals surface area contributed by atoms with E-state index in [9.17, 15) is 14.0 Å². The molecule has 1 aromatic rings. The first kappa shape index (κ1) is 20.1. The largest absolute Gasteiger partial charge is 0.497 e. The molecular weight excluding hydrogens is 341 g/mol. The van der Waals surface area contributed by atoms with Gasteiger partial charge < -0.3 is 20.1 Å². The Morgan fingerprint density at radius 2 is 2.23 bits per heavy atom. The van der Waals surface area contributed by atoms with Crippen molar-refractivity contribution in [3.8, 4) is 5.75 Å². The molecule has 1 aliphatic heterocycles. The van der Waals surface area contributed by atoms with Crippen molar-refractivity contribution in [1.29, 1.82) is 0 Å². The highest BCUT2D eigenvalue weighted by atomic mass is 19.1. The maximum absolute atomic E-state index is 14.2. The van der Waals surface area contributed by atoms with Gasteiger partial charge in [-0.2, -0.15) is 0 Å². The average Bonchev–Trinajstić information content (AvgIpc) is 2.63. The predicted octanol–water partition coefficient (Wildman–Crippen LogP) is 0.678. The Morgan fingerprint density at radius 1 is 1.42 bits per heavy atom. The molecule has 2 N–H and O–H groups in total. The van der Waals surface area contributed by atoms with Crippen molar-refractivity contribution < 1.29 is 23.5 Å². The molecule has 1 aliphatic rings. The molecule has 0 spiro atoms. The Morgan fingerprint density at radius 3 is 2.92 bits per heavy atom. The van der Waals surface area contributed by atoms with Gasteiger partial charge in [0.05, 0.1) is 19.6 Å². The molecule has 0 unspecified atom stereocenters. The zero-order valence-corrected chi connectivity index (χ0v) is 15.2. The van der Waals surface area contributed by atoms with E-state index >= 15 is 0 Å². The summed E-state index contributed by atoms with van der Waals surface area (Å²) < 4.78 is 24.2. The maximum Gasteiger partial charge on any atom is 0.237 e. The molecule has 2 rings (SSSR count). The minimum absolute atomic E-state index is 0.0383. The molecule has 7 nitrogen and oxygen atoms in total. The number of halogens is 1. The van der Waals surface area contributed by atoms with Crippen LogP contribution in [-0.2, 0) is 20.9 Å². The Hall–Kier alpha value is -2.19. The van der Waals surface area contributed by atoms with E-state index in [2.05, 4.69) is 10.6 Å². The summed E-state index contributed by atoms with van der Waals surface area (Å²) in [6, 6.07) is 4.02. The van der Waals surface area contributed by atoms with Gasteiger partial charge in [0, 0.05) is 51.5 Å². The maximum atomic E-state index is 14.2. The van der Waals surface area contributed by atoms with Gasteiger partial charge in [0.25, 0.3) is 0 Å². The summed E-state index contributed by atoms with van der Waals surface area (Å²) in [6.45, 7) is 2.34. The molecule has 8 heteroatoms. The van der Waals surface area contributed by atoms with Crippen molar-refractivity contribution in [2.45, 2.75) is 25.4 Å². The Balaban J connectivity index is 1.98. The minimum Gasteiger partial charge on any atom is -0.497 e. The van der Waals surface area contributed by atoms with E-state index in [1.54, 1.807) is 19.2 Å². The first-order valence-corrected chi connectivity index (χ1v) is 8.65. The molecule has 0 radical (unpaired) electrons. The first-order chi connectivity index (χ1) is 12.5. The van der Waals surface area contributed by atoms with Gasteiger partial charge in [-0.3, -0.25) is 14.5 Å². The number of nitrogens with one attached hydrogen (secondary N) is 2. The number of nitrogens with zero attached hydrogens (tertiary/aromatic N) is 1. The van der Waals surface area contributed by atoms with Crippen LogP contribution in [0.4, 0.5) is 4.39 Å². The van der Waals surface area contributed by atoms with Gasteiger partial charge in [-0.05, 0) is 12.5 Å². The van der Waals surface area contributed by atoms with Crippen LogP contribution in [0.3, 0.4) is 0 Å². The van der Waals surface area contributed by atoms with Crippen molar-refractivity contribution in [3.05, 3.63) is 29.6 Å². The second-order valence-electron chi connectivity index (χ2n) is 6.14. The van der Waals surface area contributed by atoms with Gasteiger partial charge >= 0.3 is 0 Å². The number of ether oxygens (including phenoxy) is 2. The van der Waals surface area contributed by atoms with Gasteiger partial charge in [0.1, 0.15) is 11.6 Å². The fourth-order valence-electron chi connectivity index (χ4n) is 2.87. The summed E-state index contributed by atoms with van der Waals surface area (Å²) in [5.74, 6) is -0.367. The van der Waals surface area contributed by atoms with Crippen molar-refractivity contribution in [1.82, 2.24) is 15.5 Å². The van der Waals surface area contributed by atoms with Gasteiger partial charge in [-0.1, -0.05) is 6.07 Å². The summed E-state index contributed by atoms with van der Waals surface area (Å²) in [5, 5.41) is 5.55. The lowest BCUT2D eigenvalue weighted by molar-refractivity contribution is -0.134. The number of amides is 2. The molecule has 1 saturated heterocycles. The molecular formula is C18H26FN3O4. The molecule has 144 valence electrons. The molecule has 1 heterocycles. The number of hydrogen-bond acceptors (Lipinski definition) is 5. The van der Waals surface area contributed by atoms with Crippen LogP contribution in [0.2, 0.25) is 0 Å². The molecule has 1 atom stereocenters. The number of benzene rings is 1. The number of hydrogen-bond donors (Lipinski definition) is 2. The predicted molar refractivity (Wildman–Crippen MR) is 94.3 cm³/mol. The van der Waals surface area contributed by atoms with E-state index in [1.165, 1.54) is 13.2 Å². The number of rotatable bonds is 9. The Bertz CT molecular complexity index is 626. The minimum atomic E-state index is -0.618. The van der Waals surface area contributed by atoms with Gasteiger partial charge in [-0.15, -0.1) is 0 Å². The van der Waals surface area contributed by atoms with E-state index in [0.29, 0.717) is 44.0 Å². The van der Waals surface area contributed by atoms with E-state index in [1.807, 2.05) is 4.90 Å². The van der Waals surface area contributed by atoms with Crippen molar-refractivity contribution in [3.63, 3.8) is 0 Å². The summed E-state index contributed by atoms with van der Waals surface area (Å²) in [4.78, 5) is 26.2. The Kier molecular flexibility index (Phi) is 7.80. The molecule has 26 heavy (non-hydrogen) atoms. The van der Waals surface area contributed by atoms with Crippen LogP contribution in [0.15, 0.2) is 18.2 Å². The molecule has 0 aromatic heterocycles. The third kappa shape index (κ3) is 5.67. The van der Waals surface area contributed by atoms with Crippen LogP contribution in [0, 0.1) is 5.82 Å². The van der Waals surface area contributed by atoms with E-state index in [0.717, 1.165) is 0 Å². The highest BCUT2D eigenvalue weighted by Crippen LogP contribution is 2.20. The van der Waals surface area contributed by atoms with Crippen LogP contribution in [0.25, 0.3) is 0 Å². The highest BCUT2D eigenvalue weighted by molar-refractivity contribution is 5.88. The second-order valence-corrected chi connectivity index (χ2v) is 6.14. The molecule has 2 amide bonds. The van der Waals surface area contributed by atoms with Crippen LogP contribution < -0.4 is 15.4 Å². The lowest BCUT2D eigenvalue weighted by Gasteiger charge is -2.34. The third-order valence-corrected chi connectivity index (χ3v) is 4.30. The van der Waals surface area contributed by atoms with E-state index in [4.69, 9.17) is 9.47 Å². The quantitative estimate of drug-likeness (QED) is 0.628. The molecule has 1 aromatic carbocycles. The fraction of sp³-hybridized carbons (Fsp3) is 0.556. The van der Waals surface area contributed by atoms with E-state index in [-0.39, 0.29) is 24.8 Å². The fourth-order valence-corrected chi connectivity index (χ4v) is 2.87. The van der Waals surface area contributed by atoms with Gasteiger partial charge in [-0.25, -0.2) is 4.39 Å². The van der Waals surface area contributed by atoms with Crippen molar-refractivity contribution in [2.75, 3.05) is 40.5 Å². The van der Waals surface area contributed by atoms with Crippen molar-refractivity contribution in [2.24, 2.45) is 0 Å². The van der Waals surface area contributed by atoms with E-state index < -0.39 is 11.9 Å². The number of piperazine rings is 1. The van der Waals surface area contributed by atoms with Crippen LogP contribution in [0.1, 0.15) is 18.4 Å². The molecule has 0 aliphatic carbocycles. The standard InChI is InChI=1S/C18H26FN3O4/c1-25-9-3-6-20-17(23)11-16-18(24)21-7-8-22(16)12-13-4-5-14(26-2)10-15(13)19/h4-5,10,16H,3,6-9,11-12H2,1-2H3,(H,20,23)(H,21,24)/t16-/m1/s1. The summed E-state index contributed by atoms with van der Waals surface area (Å²) in [7, 11) is 3.08. The monoisotopic (exact) mass is 367 g/mol. The highest BCUT2D eigenvalue weighted by Gasteiger charge is 2.31. The van der Waals surface area contributed by atoms with Gasteiger partial charge in [0.2, 0.25) is 11.8 Å². The molecule has 1 fully saturated rings. The average molecular weight is 367 g/mol. The number of carbonyl (C=O) groups is 2. The molecule has 0 saturated carbocycles. The summed E-state index contributed by atoms with van der Waals surface area (Å²) in [6.07, 6.45) is 0.746. The van der Waals surface area contributed by atoms with Crippen LogP contribution in [-0.4, -0.2) is 63.2 Å². The third-order valence-electron chi connectivity index (χ3n) is 4.30. The zero-order valence-electron chi connectivity index (χ0n) is 15.2. The number of methoxy groups -OCH3 is 2. The summed E-state index contributed by atoms with van der Waals surface area (Å²) in [5.41, 5.74) is 0.464. The zero-order chi connectivity index (χ0) is 18.9. The number of carbonyl (C=O) groups excluding carboxylic acids is 2. The van der Waals surface area contributed by atoms with Gasteiger partial charge in [0.15, 0.2) is 0 Å². The molecule has 0 bridgehead atoms. The van der Waals surface area contributed by atoms with Crippen LogP contribution >= 0.6 is 0 Å². The Labute approximate surface area is 152 Å². The SMILES string of the molecule is COCCCNC(=O)C[C@@H]1C(=O)NCCN1Cc1ccc(OC)cc1F. The lowest BCUT2D eigenvalue weighted by Crippen LogP contribution is -2.56. The lowest BCUT2D eigenvalue weighted by atomic mass is 10.1. The normalized spacial score (nSPS) is 17.7. The van der Waals surface area contributed by atoms with Crippen LogP contribution in [0.5, 0.6) is 5.75 Å². The summed E-state index contributed by atoms with van der Waals surface area (Å²) >= 11 is 0. The smallest absolute Gasteiger partial charge is 0.237 e. The topological polar surface area (TPSA) is 79.9 Å². The second kappa shape index (κ2) is 10.1.